The summed E-state index contributed by atoms with van der Waals surface area (Å²) in [6.07, 6.45) is 2.63. The number of rotatable bonds is 4. The van der Waals surface area contributed by atoms with Crippen LogP contribution >= 0.6 is 11.3 Å². The highest BCUT2D eigenvalue weighted by molar-refractivity contribution is 7.18. The first-order valence-corrected chi connectivity index (χ1v) is 9.15. The van der Waals surface area contributed by atoms with E-state index in [2.05, 4.69) is 31.7 Å². The van der Waals surface area contributed by atoms with Gasteiger partial charge in [-0.05, 0) is 25.3 Å². The van der Waals surface area contributed by atoms with Gasteiger partial charge in [0.15, 0.2) is 0 Å². The van der Waals surface area contributed by atoms with Crippen molar-refractivity contribution in [2.45, 2.75) is 46.0 Å². The lowest BCUT2D eigenvalue weighted by Gasteiger charge is -2.32. The van der Waals surface area contributed by atoms with Gasteiger partial charge in [-0.2, -0.15) is 0 Å². The van der Waals surface area contributed by atoms with Crippen LogP contribution in [0, 0.1) is 5.92 Å². The Morgan fingerprint density at radius 1 is 1.39 bits per heavy atom. The summed E-state index contributed by atoms with van der Waals surface area (Å²) >= 11 is 1.76. The molecule has 2 N–H and O–H groups in total. The second-order valence-corrected chi connectivity index (χ2v) is 7.62. The fourth-order valence-corrected chi connectivity index (χ4v) is 3.99. The van der Waals surface area contributed by atoms with Gasteiger partial charge in [0.2, 0.25) is 5.91 Å². The second kappa shape index (κ2) is 6.43. The third-order valence-corrected chi connectivity index (χ3v) is 5.68. The number of fused-ring (bicyclic) bond motifs is 1. The molecule has 0 aromatic carbocycles. The largest absolute Gasteiger partial charge is 0.369 e. The average Bonchev–Trinajstić information content (AvgIpc) is 2.97. The number of nitrogens with zero attached hydrogens (tertiary/aromatic N) is 3. The van der Waals surface area contributed by atoms with Crippen LogP contribution < -0.4 is 10.6 Å². The van der Waals surface area contributed by atoms with Gasteiger partial charge in [0.1, 0.15) is 16.5 Å². The van der Waals surface area contributed by atoms with Crippen LogP contribution in [0.2, 0.25) is 0 Å². The molecule has 1 fully saturated rings. The van der Waals surface area contributed by atoms with E-state index in [4.69, 9.17) is 15.7 Å². The number of piperidine rings is 1. The molecule has 1 aliphatic heterocycles. The Bertz CT molecular complexity index is 717. The summed E-state index contributed by atoms with van der Waals surface area (Å²) < 4.78 is 0. The molecule has 0 aliphatic carbocycles. The van der Waals surface area contributed by atoms with Gasteiger partial charge in [-0.3, -0.25) is 4.79 Å². The normalized spacial score (nSPS) is 16.4. The Morgan fingerprint density at radius 2 is 2.09 bits per heavy atom. The molecular weight excluding hydrogens is 308 g/mol. The Labute approximate surface area is 140 Å². The lowest BCUT2D eigenvalue weighted by Crippen LogP contribution is -2.39. The molecular formula is C17H24N4OS. The van der Waals surface area contributed by atoms with Crippen LogP contribution in [-0.4, -0.2) is 29.0 Å². The summed E-state index contributed by atoms with van der Waals surface area (Å²) in [6.45, 7) is 8.07. The molecule has 0 spiro atoms. The van der Waals surface area contributed by atoms with E-state index in [0.717, 1.165) is 54.2 Å². The number of primary amides is 1. The van der Waals surface area contributed by atoms with E-state index in [0.29, 0.717) is 5.92 Å². The summed E-state index contributed by atoms with van der Waals surface area (Å²) in [4.78, 5) is 25.7. The summed E-state index contributed by atoms with van der Waals surface area (Å²) in [7, 11) is 0. The second-order valence-electron chi connectivity index (χ2n) is 6.51. The highest BCUT2D eigenvalue weighted by Crippen LogP contribution is 2.34. The minimum atomic E-state index is -0.177. The number of carbonyl (C=O) groups excluding carboxylic acids is 1. The summed E-state index contributed by atoms with van der Waals surface area (Å²) in [6, 6.07) is 2.22. The molecule has 1 saturated heterocycles. The molecule has 0 atom stereocenters. The molecule has 3 rings (SSSR count). The number of aryl methyl sites for hydroxylation is 1. The quantitative estimate of drug-likeness (QED) is 0.934. The number of amides is 1. The van der Waals surface area contributed by atoms with E-state index in [1.165, 1.54) is 4.88 Å². The summed E-state index contributed by atoms with van der Waals surface area (Å²) in [5.74, 6) is 2.05. The predicted octanol–water partition coefficient (Wildman–Crippen LogP) is 3.08. The molecule has 1 amide bonds. The van der Waals surface area contributed by atoms with Crippen LogP contribution in [0.15, 0.2) is 6.07 Å². The van der Waals surface area contributed by atoms with Gasteiger partial charge in [-0.15, -0.1) is 11.3 Å². The maximum absolute atomic E-state index is 11.4. The van der Waals surface area contributed by atoms with Gasteiger partial charge in [-0.25, -0.2) is 9.97 Å². The third kappa shape index (κ3) is 3.17. The smallest absolute Gasteiger partial charge is 0.220 e. The van der Waals surface area contributed by atoms with E-state index < -0.39 is 0 Å². The van der Waals surface area contributed by atoms with E-state index in [-0.39, 0.29) is 11.8 Å². The van der Waals surface area contributed by atoms with Crippen molar-refractivity contribution in [3.05, 3.63) is 16.8 Å². The number of anilines is 1. The van der Waals surface area contributed by atoms with Crippen LogP contribution in [-0.2, 0) is 11.2 Å². The van der Waals surface area contributed by atoms with Crippen molar-refractivity contribution in [1.29, 1.82) is 0 Å². The summed E-state index contributed by atoms with van der Waals surface area (Å²) in [5, 5.41) is 1.15. The number of hydrogen-bond donors (Lipinski definition) is 1. The van der Waals surface area contributed by atoms with E-state index >= 15 is 0 Å². The van der Waals surface area contributed by atoms with E-state index in [1.807, 2.05) is 0 Å². The van der Waals surface area contributed by atoms with Gasteiger partial charge in [0, 0.05) is 29.8 Å². The molecule has 2 aromatic rings. The van der Waals surface area contributed by atoms with Crippen molar-refractivity contribution >= 4 is 33.3 Å². The van der Waals surface area contributed by atoms with Gasteiger partial charge in [-0.1, -0.05) is 20.8 Å². The predicted molar refractivity (Wildman–Crippen MR) is 95.0 cm³/mol. The average molecular weight is 332 g/mol. The maximum atomic E-state index is 11.4. The molecule has 0 unspecified atom stereocenters. The number of nitrogens with two attached hydrogens (primary N) is 1. The lowest BCUT2D eigenvalue weighted by molar-refractivity contribution is -0.122. The molecule has 6 heteroatoms. The van der Waals surface area contributed by atoms with Crippen molar-refractivity contribution in [3.8, 4) is 0 Å². The number of carbonyl (C=O) groups is 1. The molecule has 0 saturated carbocycles. The third-order valence-electron chi connectivity index (χ3n) is 4.50. The fourth-order valence-electron chi connectivity index (χ4n) is 3.02. The number of hydrogen-bond acceptors (Lipinski definition) is 5. The van der Waals surface area contributed by atoms with E-state index in [1.54, 1.807) is 11.3 Å². The Kier molecular flexibility index (Phi) is 4.53. The molecule has 5 nitrogen and oxygen atoms in total. The molecule has 124 valence electrons. The first-order valence-electron chi connectivity index (χ1n) is 8.34. The fraction of sp³-hybridized carbons (Fsp3) is 0.588. The monoisotopic (exact) mass is 332 g/mol. The Balaban J connectivity index is 1.98. The van der Waals surface area contributed by atoms with Crippen molar-refractivity contribution in [3.63, 3.8) is 0 Å². The highest BCUT2D eigenvalue weighted by atomic mass is 32.1. The van der Waals surface area contributed by atoms with Gasteiger partial charge < -0.3 is 10.6 Å². The van der Waals surface area contributed by atoms with Crippen molar-refractivity contribution in [2.75, 3.05) is 18.0 Å². The standard InChI is InChI=1S/C17H24N4OS/c1-4-12-9-13-16(19-15(10(2)3)20-17(13)23-12)21-7-5-11(6-8-21)14(18)22/h9-11H,4-8H2,1-3H3,(H2,18,22). The van der Waals surface area contributed by atoms with Crippen LogP contribution in [0.3, 0.4) is 0 Å². The minimum absolute atomic E-state index is 0.00169. The van der Waals surface area contributed by atoms with Crippen LogP contribution in [0.25, 0.3) is 10.2 Å². The van der Waals surface area contributed by atoms with Gasteiger partial charge >= 0.3 is 0 Å². The topological polar surface area (TPSA) is 72.1 Å². The zero-order valence-corrected chi connectivity index (χ0v) is 14.8. The van der Waals surface area contributed by atoms with Crippen LogP contribution in [0.4, 0.5) is 5.82 Å². The minimum Gasteiger partial charge on any atom is -0.369 e. The Morgan fingerprint density at radius 3 is 2.65 bits per heavy atom. The van der Waals surface area contributed by atoms with E-state index in [9.17, 15) is 4.79 Å². The zero-order valence-electron chi connectivity index (χ0n) is 14.0. The van der Waals surface area contributed by atoms with Crippen molar-refractivity contribution in [2.24, 2.45) is 11.7 Å². The van der Waals surface area contributed by atoms with Crippen LogP contribution in [0.5, 0.6) is 0 Å². The summed E-state index contributed by atoms with van der Waals surface area (Å²) in [5.41, 5.74) is 5.45. The number of thiophene rings is 1. The number of aromatic nitrogens is 2. The molecule has 1 aliphatic rings. The first kappa shape index (κ1) is 16.2. The van der Waals surface area contributed by atoms with Gasteiger partial charge in [0.25, 0.3) is 0 Å². The maximum Gasteiger partial charge on any atom is 0.220 e. The lowest BCUT2D eigenvalue weighted by atomic mass is 9.96. The van der Waals surface area contributed by atoms with Gasteiger partial charge in [0.05, 0.1) is 5.39 Å². The zero-order chi connectivity index (χ0) is 16.6. The highest BCUT2D eigenvalue weighted by Gasteiger charge is 2.26. The molecule has 3 heterocycles. The molecule has 23 heavy (non-hydrogen) atoms. The van der Waals surface area contributed by atoms with Crippen molar-refractivity contribution < 1.29 is 4.79 Å². The Hall–Kier alpha value is -1.69. The first-order chi connectivity index (χ1) is 11.0. The molecule has 0 bridgehead atoms. The van der Waals surface area contributed by atoms with Crippen molar-refractivity contribution in [1.82, 2.24) is 9.97 Å². The van der Waals surface area contributed by atoms with Crippen LogP contribution in [0.1, 0.15) is 50.2 Å². The molecule has 2 aromatic heterocycles. The SMILES string of the molecule is CCc1cc2c(N3CCC(C(N)=O)CC3)nc(C(C)C)nc2s1. The molecule has 0 radical (unpaired) electrons.